The van der Waals surface area contributed by atoms with E-state index in [0.29, 0.717) is 18.7 Å². The fraction of sp³-hybridized carbons (Fsp3) is 0.167. The van der Waals surface area contributed by atoms with Gasteiger partial charge in [-0.1, -0.05) is 36.4 Å². The molecule has 0 atom stereocenters. The van der Waals surface area contributed by atoms with Gasteiger partial charge in [-0.15, -0.1) is 0 Å². The highest BCUT2D eigenvalue weighted by molar-refractivity contribution is 5.91. The number of rotatable bonds is 9. The number of para-hydroxylation sites is 2. The lowest BCUT2D eigenvalue weighted by molar-refractivity contribution is 0.0946. The summed E-state index contributed by atoms with van der Waals surface area (Å²) in [7, 11) is 0. The van der Waals surface area contributed by atoms with E-state index < -0.39 is 0 Å². The van der Waals surface area contributed by atoms with E-state index in [1.807, 2.05) is 72.9 Å². The van der Waals surface area contributed by atoms with E-state index in [2.05, 4.69) is 15.5 Å². The first kappa shape index (κ1) is 21.0. The number of hydrogen-bond acceptors (Lipinski definition) is 5. The molecule has 2 aromatic carbocycles. The Balaban J connectivity index is 1.29. The predicted molar refractivity (Wildman–Crippen MR) is 120 cm³/mol. The third kappa shape index (κ3) is 5.48. The molecule has 4 aromatic rings. The number of hydrogen-bond donors (Lipinski definition) is 1. The van der Waals surface area contributed by atoms with Crippen molar-refractivity contribution >= 4 is 5.91 Å². The van der Waals surface area contributed by atoms with Crippen molar-refractivity contribution < 1.29 is 9.53 Å². The van der Waals surface area contributed by atoms with E-state index in [-0.39, 0.29) is 30.3 Å². The van der Waals surface area contributed by atoms with Crippen LogP contribution in [-0.2, 0) is 13.0 Å². The van der Waals surface area contributed by atoms with E-state index in [1.54, 1.807) is 4.68 Å². The lowest BCUT2D eigenvalue weighted by Gasteiger charge is -2.09. The number of nitrogens with one attached hydrogen (secondary N) is 1. The maximum absolute atomic E-state index is 12.5. The molecule has 0 aliphatic heterocycles. The molecule has 0 spiro atoms. The molecule has 0 saturated carbocycles. The van der Waals surface area contributed by atoms with Gasteiger partial charge in [0.25, 0.3) is 11.5 Å². The van der Waals surface area contributed by atoms with Crippen LogP contribution >= 0.6 is 0 Å². The van der Waals surface area contributed by atoms with Crippen LogP contribution in [0.2, 0.25) is 0 Å². The second-order valence-electron chi connectivity index (χ2n) is 7.03. The number of carbonyl (C=O) groups is 1. The third-order valence-corrected chi connectivity index (χ3v) is 4.75. The molecule has 0 saturated heterocycles. The van der Waals surface area contributed by atoms with E-state index in [9.17, 15) is 9.59 Å². The summed E-state index contributed by atoms with van der Waals surface area (Å²) in [6.45, 7) is 0.917. The SMILES string of the molecule is O=C(NCCc1ccn(-c2ccccc2)n1)c1ccc(=O)n(CCOc2ccccc2)n1. The summed E-state index contributed by atoms with van der Waals surface area (Å²) in [4.78, 5) is 24.5. The van der Waals surface area contributed by atoms with Gasteiger partial charge in [-0.25, -0.2) is 9.36 Å². The molecular weight excluding hydrogens is 406 g/mol. The van der Waals surface area contributed by atoms with Crippen molar-refractivity contribution in [3.63, 3.8) is 0 Å². The van der Waals surface area contributed by atoms with Crippen LogP contribution in [0.5, 0.6) is 5.75 Å². The van der Waals surface area contributed by atoms with Crippen molar-refractivity contribution in [2.45, 2.75) is 13.0 Å². The van der Waals surface area contributed by atoms with Crippen molar-refractivity contribution in [2.75, 3.05) is 13.2 Å². The summed E-state index contributed by atoms with van der Waals surface area (Å²) >= 11 is 0. The first-order valence-electron chi connectivity index (χ1n) is 10.3. The summed E-state index contributed by atoms with van der Waals surface area (Å²) in [6, 6.07) is 23.8. The smallest absolute Gasteiger partial charge is 0.271 e. The van der Waals surface area contributed by atoms with Crippen molar-refractivity contribution in [3.8, 4) is 11.4 Å². The summed E-state index contributed by atoms with van der Waals surface area (Å²) in [5.74, 6) is 0.370. The van der Waals surface area contributed by atoms with Crippen LogP contribution in [0, 0.1) is 0 Å². The molecule has 2 aromatic heterocycles. The zero-order valence-corrected chi connectivity index (χ0v) is 17.4. The zero-order valence-electron chi connectivity index (χ0n) is 17.4. The van der Waals surface area contributed by atoms with Crippen molar-refractivity contribution in [1.29, 1.82) is 0 Å². The van der Waals surface area contributed by atoms with Gasteiger partial charge in [-0.3, -0.25) is 9.59 Å². The number of benzene rings is 2. The van der Waals surface area contributed by atoms with Crippen LogP contribution in [-0.4, -0.2) is 38.6 Å². The zero-order chi connectivity index (χ0) is 22.2. The normalized spacial score (nSPS) is 10.6. The number of amides is 1. The molecule has 2 heterocycles. The Morgan fingerprint density at radius 2 is 1.66 bits per heavy atom. The quantitative estimate of drug-likeness (QED) is 0.441. The van der Waals surface area contributed by atoms with Gasteiger partial charge in [-0.2, -0.15) is 10.2 Å². The summed E-state index contributed by atoms with van der Waals surface area (Å²) < 4.78 is 8.64. The Kier molecular flexibility index (Phi) is 6.72. The molecule has 0 bridgehead atoms. The topological polar surface area (TPSA) is 91.0 Å². The Bertz CT molecular complexity index is 1220. The molecule has 0 aliphatic rings. The van der Waals surface area contributed by atoms with Gasteiger partial charge in [0.2, 0.25) is 0 Å². The Morgan fingerprint density at radius 3 is 2.44 bits per heavy atom. The highest BCUT2D eigenvalue weighted by atomic mass is 16.5. The minimum Gasteiger partial charge on any atom is -0.492 e. The molecule has 8 heteroatoms. The molecule has 0 radical (unpaired) electrons. The summed E-state index contributed by atoms with van der Waals surface area (Å²) in [5.41, 5.74) is 1.74. The minimum atomic E-state index is -0.342. The van der Waals surface area contributed by atoms with Crippen molar-refractivity contribution in [1.82, 2.24) is 24.9 Å². The van der Waals surface area contributed by atoms with E-state index in [0.717, 1.165) is 11.4 Å². The van der Waals surface area contributed by atoms with Crippen molar-refractivity contribution in [2.24, 2.45) is 0 Å². The van der Waals surface area contributed by atoms with Crippen LogP contribution in [0.4, 0.5) is 0 Å². The Labute approximate surface area is 185 Å². The second-order valence-corrected chi connectivity index (χ2v) is 7.03. The van der Waals surface area contributed by atoms with Crippen LogP contribution in [0.3, 0.4) is 0 Å². The first-order chi connectivity index (χ1) is 15.7. The maximum Gasteiger partial charge on any atom is 0.271 e. The number of carbonyl (C=O) groups excluding carboxylic acids is 1. The summed E-state index contributed by atoms with van der Waals surface area (Å²) in [6.07, 6.45) is 2.47. The highest BCUT2D eigenvalue weighted by Gasteiger charge is 2.10. The van der Waals surface area contributed by atoms with Gasteiger partial charge in [-0.05, 0) is 36.4 Å². The first-order valence-corrected chi connectivity index (χ1v) is 10.3. The lowest BCUT2D eigenvalue weighted by atomic mass is 10.3. The molecule has 4 rings (SSSR count). The van der Waals surface area contributed by atoms with Gasteiger partial charge >= 0.3 is 0 Å². The molecule has 162 valence electrons. The average Bonchev–Trinajstić information content (AvgIpc) is 3.30. The fourth-order valence-electron chi connectivity index (χ4n) is 3.11. The average molecular weight is 429 g/mol. The van der Waals surface area contributed by atoms with Crippen molar-refractivity contribution in [3.05, 3.63) is 107 Å². The number of nitrogens with zero attached hydrogens (tertiary/aromatic N) is 4. The standard InChI is InChI=1S/C24H23N5O3/c30-23-12-11-22(27-29(23)17-18-32-21-9-5-2-6-10-21)24(31)25-15-13-19-14-16-28(26-19)20-7-3-1-4-8-20/h1-12,14,16H,13,15,17-18H2,(H,25,31). The largest absolute Gasteiger partial charge is 0.492 e. The van der Waals surface area contributed by atoms with Gasteiger partial charge in [0.1, 0.15) is 18.1 Å². The van der Waals surface area contributed by atoms with E-state index in [1.165, 1.54) is 16.8 Å². The maximum atomic E-state index is 12.5. The lowest BCUT2D eigenvalue weighted by Crippen LogP contribution is -2.31. The van der Waals surface area contributed by atoms with Gasteiger partial charge in [0.05, 0.1) is 17.9 Å². The molecule has 0 fully saturated rings. The number of ether oxygens (including phenoxy) is 1. The molecule has 0 unspecified atom stereocenters. The van der Waals surface area contributed by atoms with Gasteiger partial charge in [0, 0.05) is 25.2 Å². The molecule has 8 nitrogen and oxygen atoms in total. The van der Waals surface area contributed by atoms with Crippen LogP contribution in [0.1, 0.15) is 16.2 Å². The van der Waals surface area contributed by atoms with E-state index in [4.69, 9.17) is 4.74 Å². The third-order valence-electron chi connectivity index (χ3n) is 4.75. The predicted octanol–water partition coefficient (Wildman–Crippen LogP) is 2.48. The molecule has 0 aliphatic carbocycles. The second kappa shape index (κ2) is 10.2. The Hall–Kier alpha value is -4.20. The fourth-order valence-corrected chi connectivity index (χ4v) is 3.11. The minimum absolute atomic E-state index is 0.180. The number of aromatic nitrogens is 4. The monoisotopic (exact) mass is 429 g/mol. The van der Waals surface area contributed by atoms with E-state index >= 15 is 0 Å². The Morgan fingerprint density at radius 1 is 0.906 bits per heavy atom. The molecule has 32 heavy (non-hydrogen) atoms. The highest BCUT2D eigenvalue weighted by Crippen LogP contribution is 2.08. The van der Waals surface area contributed by atoms with Crippen LogP contribution in [0.15, 0.2) is 89.9 Å². The van der Waals surface area contributed by atoms with Crippen LogP contribution < -0.4 is 15.6 Å². The summed E-state index contributed by atoms with van der Waals surface area (Å²) in [5, 5.41) is 11.5. The van der Waals surface area contributed by atoms with Gasteiger partial charge < -0.3 is 10.1 Å². The molecule has 1 N–H and O–H groups in total. The van der Waals surface area contributed by atoms with Gasteiger partial charge in [0.15, 0.2) is 0 Å². The molecule has 1 amide bonds. The molecular formula is C24H23N5O3. The van der Waals surface area contributed by atoms with Crippen LogP contribution in [0.25, 0.3) is 5.69 Å².